The predicted octanol–water partition coefficient (Wildman–Crippen LogP) is 0.0505. The number of hydrogen-bond donors (Lipinski definition) is 1. The highest BCUT2D eigenvalue weighted by atomic mass is 16.6. The Morgan fingerprint density at radius 1 is 1.33 bits per heavy atom. The summed E-state index contributed by atoms with van der Waals surface area (Å²) >= 11 is 0. The summed E-state index contributed by atoms with van der Waals surface area (Å²) in [5.74, 6) is 0. The van der Waals surface area contributed by atoms with Crippen LogP contribution in [0.15, 0.2) is 0 Å². The lowest BCUT2D eigenvalue weighted by Crippen LogP contribution is -2.03. The first kappa shape index (κ1) is 11.8. The number of nitrogens with two attached hydrogens (primary N) is 1. The van der Waals surface area contributed by atoms with Crippen molar-refractivity contribution in [3.05, 3.63) is 0 Å². The van der Waals surface area contributed by atoms with Gasteiger partial charge in [0.05, 0.1) is 18.8 Å². The summed E-state index contributed by atoms with van der Waals surface area (Å²) in [5.41, 5.74) is 5.25. The Morgan fingerprint density at radius 3 is 1.83 bits per heavy atom. The molecule has 0 amide bonds. The van der Waals surface area contributed by atoms with Crippen LogP contribution in [-0.2, 0) is 9.47 Å². The molecule has 2 rings (SSSR count). The van der Waals surface area contributed by atoms with Crippen LogP contribution in [0.5, 0.6) is 0 Å². The van der Waals surface area contributed by atoms with Crippen LogP contribution in [0.3, 0.4) is 0 Å². The maximum Gasteiger partial charge on any atom is 0.132 e. The van der Waals surface area contributed by atoms with E-state index in [1.807, 2.05) is 0 Å². The van der Waals surface area contributed by atoms with E-state index >= 15 is 0 Å². The van der Waals surface area contributed by atoms with Crippen LogP contribution in [0.25, 0.3) is 0 Å². The highest BCUT2D eigenvalue weighted by molar-refractivity contribution is 4.76. The van der Waals surface area contributed by atoms with Crippen LogP contribution in [0.4, 0.5) is 0 Å². The average molecular weight is 177 g/mol. The molecule has 3 atom stereocenters. The second-order valence-electron chi connectivity index (χ2n) is 2.91. The lowest BCUT2D eigenvalue weighted by Gasteiger charge is -1.72. The Bertz CT molecular complexity index is 115. The topological polar surface area (TPSA) is 82.6 Å². The largest absolute Gasteiger partial charge is 0.412 e. The molecule has 2 fully saturated rings. The molecule has 2 saturated heterocycles. The quantitative estimate of drug-likeness (QED) is 0.605. The van der Waals surface area contributed by atoms with Gasteiger partial charge in [-0.25, -0.2) is 0 Å². The Kier molecular flexibility index (Phi) is 5.41. The molecule has 0 aromatic heterocycles. The first-order valence-electron chi connectivity index (χ1n) is 4.30. The van der Waals surface area contributed by atoms with Gasteiger partial charge in [-0.1, -0.05) is 13.8 Å². The van der Waals surface area contributed by atoms with Crippen molar-refractivity contribution >= 4 is 0 Å². The van der Waals surface area contributed by atoms with Gasteiger partial charge in [0, 0.05) is 0 Å². The maximum atomic E-state index is 5.25. The van der Waals surface area contributed by atoms with E-state index in [0.717, 1.165) is 13.0 Å². The molecule has 0 aromatic carbocycles. The van der Waals surface area contributed by atoms with Crippen molar-refractivity contribution in [2.45, 2.75) is 45.1 Å². The first-order chi connectivity index (χ1) is 5.27. The van der Waals surface area contributed by atoms with Crippen LogP contribution >= 0.6 is 0 Å². The van der Waals surface area contributed by atoms with Crippen LogP contribution in [0.1, 0.15) is 26.7 Å². The van der Waals surface area contributed by atoms with Gasteiger partial charge in [0.1, 0.15) is 6.23 Å². The van der Waals surface area contributed by atoms with Gasteiger partial charge in [-0.15, -0.1) is 0 Å². The zero-order chi connectivity index (χ0) is 8.27. The molecular weight excluding hydrogens is 158 g/mol. The van der Waals surface area contributed by atoms with E-state index in [0.29, 0.717) is 12.2 Å². The third kappa shape index (κ3) is 4.66. The molecule has 0 aromatic rings. The summed E-state index contributed by atoms with van der Waals surface area (Å²) in [5, 5.41) is 0. The van der Waals surface area contributed by atoms with Crippen LogP contribution < -0.4 is 5.73 Å². The molecule has 0 radical (unpaired) electrons. The third-order valence-electron chi connectivity index (χ3n) is 1.88. The summed E-state index contributed by atoms with van der Waals surface area (Å²) in [6, 6.07) is 0. The highest BCUT2D eigenvalue weighted by Gasteiger charge is 2.32. The summed E-state index contributed by atoms with van der Waals surface area (Å²) in [4.78, 5) is 0. The van der Waals surface area contributed by atoms with E-state index in [1.54, 1.807) is 0 Å². The molecule has 4 N–H and O–H groups in total. The van der Waals surface area contributed by atoms with E-state index in [4.69, 9.17) is 15.2 Å². The van der Waals surface area contributed by atoms with Gasteiger partial charge in [-0.05, 0) is 12.8 Å². The van der Waals surface area contributed by atoms with Gasteiger partial charge in [0.15, 0.2) is 0 Å². The zero-order valence-electron chi connectivity index (χ0n) is 7.75. The Balaban J connectivity index is 0.000000189. The number of epoxide rings is 2. The first-order valence-corrected chi connectivity index (χ1v) is 4.30. The summed E-state index contributed by atoms with van der Waals surface area (Å²) in [6.45, 7) is 5.21. The fourth-order valence-electron chi connectivity index (χ4n) is 0.789. The summed E-state index contributed by atoms with van der Waals surface area (Å²) in [7, 11) is 0. The van der Waals surface area contributed by atoms with Crippen molar-refractivity contribution in [3.63, 3.8) is 0 Å². The minimum atomic E-state index is 0. The second-order valence-corrected chi connectivity index (χ2v) is 2.91. The minimum Gasteiger partial charge on any atom is -0.412 e. The van der Waals surface area contributed by atoms with Crippen LogP contribution in [0, 0.1) is 0 Å². The standard InChI is InChI=1S/C4H9NO.C4H8O.H2O/c1-2-3-4(5)6-3;1-2-4-3-5-4;/h3-4H,2,5H2,1H3;4H,2-3H2,1H3;1H2. The lowest BCUT2D eigenvalue weighted by molar-refractivity contribution is 0.370. The van der Waals surface area contributed by atoms with Gasteiger partial charge >= 0.3 is 0 Å². The van der Waals surface area contributed by atoms with Crippen molar-refractivity contribution < 1.29 is 14.9 Å². The molecule has 74 valence electrons. The molecule has 2 heterocycles. The monoisotopic (exact) mass is 177 g/mol. The van der Waals surface area contributed by atoms with E-state index in [1.165, 1.54) is 6.42 Å². The normalized spacial score (nSPS) is 35.8. The van der Waals surface area contributed by atoms with Crippen LogP contribution in [-0.4, -0.2) is 30.5 Å². The Labute approximate surface area is 73.3 Å². The SMILES string of the molecule is CCC1CO1.CCC1OC1N.O. The molecule has 0 bridgehead atoms. The van der Waals surface area contributed by atoms with Gasteiger partial charge < -0.3 is 20.7 Å². The van der Waals surface area contributed by atoms with E-state index in [-0.39, 0.29) is 11.7 Å². The van der Waals surface area contributed by atoms with Gasteiger partial charge in [0.2, 0.25) is 0 Å². The Hall–Kier alpha value is -0.160. The molecule has 4 nitrogen and oxygen atoms in total. The maximum absolute atomic E-state index is 5.25. The van der Waals surface area contributed by atoms with Crippen molar-refractivity contribution in [2.24, 2.45) is 5.73 Å². The van der Waals surface area contributed by atoms with Gasteiger partial charge in [-0.2, -0.15) is 0 Å². The van der Waals surface area contributed by atoms with Crippen molar-refractivity contribution in [1.29, 1.82) is 0 Å². The number of ether oxygens (including phenoxy) is 2. The van der Waals surface area contributed by atoms with E-state index in [9.17, 15) is 0 Å². The third-order valence-corrected chi connectivity index (χ3v) is 1.88. The summed E-state index contributed by atoms with van der Waals surface area (Å²) in [6.07, 6.45) is 3.33. The number of hydrogen-bond acceptors (Lipinski definition) is 3. The smallest absolute Gasteiger partial charge is 0.132 e. The van der Waals surface area contributed by atoms with Crippen LogP contribution in [0.2, 0.25) is 0 Å². The highest BCUT2D eigenvalue weighted by Crippen LogP contribution is 2.18. The second kappa shape index (κ2) is 5.48. The van der Waals surface area contributed by atoms with Gasteiger partial charge in [0.25, 0.3) is 0 Å². The molecule has 0 aliphatic carbocycles. The van der Waals surface area contributed by atoms with E-state index in [2.05, 4.69) is 13.8 Å². The predicted molar refractivity (Wildman–Crippen MR) is 46.8 cm³/mol. The molecule has 2 aliphatic rings. The molecule has 2 aliphatic heterocycles. The zero-order valence-corrected chi connectivity index (χ0v) is 7.75. The van der Waals surface area contributed by atoms with Crippen molar-refractivity contribution in [3.8, 4) is 0 Å². The number of rotatable bonds is 2. The fourth-order valence-corrected chi connectivity index (χ4v) is 0.789. The van der Waals surface area contributed by atoms with Crippen molar-refractivity contribution in [2.75, 3.05) is 6.61 Å². The van der Waals surface area contributed by atoms with Crippen molar-refractivity contribution in [1.82, 2.24) is 0 Å². The molecule has 3 unspecified atom stereocenters. The van der Waals surface area contributed by atoms with Gasteiger partial charge in [-0.3, -0.25) is 0 Å². The summed E-state index contributed by atoms with van der Waals surface area (Å²) < 4.78 is 9.70. The molecule has 0 saturated carbocycles. The Morgan fingerprint density at radius 2 is 1.83 bits per heavy atom. The fraction of sp³-hybridized carbons (Fsp3) is 1.00. The molecular formula is C8H19NO3. The molecule has 0 spiro atoms. The molecule has 4 heteroatoms. The minimum absolute atomic E-state index is 0. The van der Waals surface area contributed by atoms with E-state index < -0.39 is 0 Å². The lowest BCUT2D eigenvalue weighted by atomic mass is 10.3. The average Bonchev–Trinajstić information content (AvgIpc) is 2.82. The molecule has 12 heavy (non-hydrogen) atoms.